The van der Waals surface area contributed by atoms with Crippen LogP contribution < -0.4 is 0 Å². The third-order valence-corrected chi connectivity index (χ3v) is 4.11. The largest absolute Gasteiger partial charge is 0.457 e. The molecule has 0 bridgehead atoms. The van der Waals surface area contributed by atoms with E-state index in [-0.39, 0.29) is 6.61 Å². The molecule has 0 saturated carbocycles. The van der Waals surface area contributed by atoms with Crippen molar-refractivity contribution in [3.8, 4) is 11.8 Å². The van der Waals surface area contributed by atoms with Crippen LogP contribution in [0.5, 0.6) is 0 Å². The number of fused-ring (bicyclic) bond motifs is 1. The van der Waals surface area contributed by atoms with Crippen LogP contribution in [0.2, 0.25) is 0 Å². The Morgan fingerprint density at radius 2 is 1.96 bits per heavy atom. The van der Waals surface area contributed by atoms with Gasteiger partial charge in [-0.25, -0.2) is 9.48 Å². The summed E-state index contributed by atoms with van der Waals surface area (Å²) >= 11 is 0. The Hall–Kier alpha value is -3.85. The van der Waals surface area contributed by atoms with E-state index in [0.29, 0.717) is 22.4 Å². The number of carbonyl (C=O) groups is 1. The van der Waals surface area contributed by atoms with E-state index < -0.39 is 5.97 Å². The van der Waals surface area contributed by atoms with Gasteiger partial charge in [0.1, 0.15) is 12.7 Å². The van der Waals surface area contributed by atoms with Gasteiger partial charge in [0.05, 0.1) is 22.3 Å². The number of pyridine rings is 1. The average Bonchev–Trinajstić information content (AvgIpc) is 3.33. The highest BCUT2D eigenvalue weighted by Gasteiger charge is 2.16. The van der Waals surface area contributed by atoms with Crippen molar-refractivity contribution in [3.05, 3.63) is 90.0 Å². The molecule has 0 aliphatic carbocycles. The van der Waals surface area contributed by atoms with Crippen molar-refractivity contribution in [1.82, 2.24) is 14.2 Å². The number of nitriles is 1. The van der Waals surface area contributed by atoms with Crippen LogP contribution in [0, 0.1) is 11.3 Å². The van der Waals surface area contributed by atoms with Crippen molar-refractivity contribution in [1.29, 1.82) is 5.26 Å². The summed E-state index contributed by atoms with van der Waals surface area (Å²) in [7, 11) is 0. The molecule has 0 aliphatic rings. The van der Waals surface area contributed by atoms with E-state index in [9.17, 15) is 10.1 Å². The maximum atomic E-state index is 12.6. The molecule has 4 rings (SSSR count). The molecule has 6 heteroatoms. The molecule has 0 fully saturated rings. The van der Waals surface area contributed by atoms with Crippen molar-refractivity contribution >= 4 is 11.5 Å². The zero-order chi connectivity index (χ0) is 17.9. The summed E-state index contributed by atoms with van der Waals surface area (Å²) in [4.78, 5) is 12.6. The van der Waals surface area contributed by atoms with E-state index in [1.54, 1.807) is 47.5 Å². The first-order chi connectivity index (χ1) is 12.8. The first-order valence-corrected chi connectivity index (χ1v) is 8.03. The number of hydrogen-bond acceptors (Lipinski definition) is 4. The minimum atomic E-state index is -0.463. The number of ether oxygens (including phenoxy) is 1. The molecule has 0 amide bonds. The molecule has 0 N–H and O–H groups in total. The van der Waals surface area contributed by atoms with Gasteiger partial charge in [0.2, 0.25) is 0 Å². The van der Waals surface area contributed by atoms with Gasteiger partial charge in [-0.15, -0.1) is 0 Å². The van der Waals surface area contributed by atoms with Gasteiger partial charge in [-0.1, -0.05) is 18.2 Å². The SMILES string of the molecule is N#Cc1c(COC(=O)c2ccccc2-n2cccn2)cn2ccccc12. The molecule has 6 nitrogen and oxygen atoms in total. The monoisotopic (exact) mass is 342 g/mol. The second-order valence-electron chi connectivity index (χ2n) is 5.68. The fraction of sp³-hybridized carbons (Fsp3) is 0.0500. The molecule has 1 aromatic carbocycles. The van der Waals surface area contributed by atoms with E-state index in [1.165, 1.54) is 0 Å². The van der Waals surface area contributed by atoms with Crippen LogP contribution in [-0.4, -0.2) is 20.2 Å². The van der Waals surface area contributed by atoms with Crippen LogP contribution >= 0.6 is 0 Å². The maximum Gasteiger partial charge on any atom is 0.340 e. The Morgan fingerprint density at radius 1 is 1.12 bits per heavy atom. The van der Waals surface area contributed by atoms with Crippen molar-refractivity contribution in [3.63, 3.8) is 0 Å². The minimum Gasteiger partial charge on any atom is -0.457 e. The lowest BCUT2D eigenvalue weighted by Gasteiger charge is -2.09. The van der Waals surface area contributed by atoms with Gasteiger partial charge in [-0.3, -0.25) is 0 Å². The Balaban J connectivity index is 1.60. The maximum absolute atomic E-state index is 12.6. The molecule has 0 unspecified atom stereocenters. The molecule has 0 atom stereocenters. The summed E-state index contributed by atoms with van der Waals surface area (Å²) in [5.41, 5.74) is 3.03. The highest BCUT2D eigenvalue weighted by molar-refractivity contribution is 5.93. The van der Waals surface area contributed by atoms with Gasteiger partial charge in [0.15, 0.2) is 0 Å². The molecule has 3 aromatic heterocycles. The molecular weight excluding hydrogens is 328 g/mol. The summed E-state index contributed by atoms with van der Waals surface area (Å²) in [6, 6.07) is 16.7. The normalized spacial score (nSPS) is 10.6. The summed E-state index contributed by atoms with van der Waals surface area (Å²) in [5.74, 6) is -0.463. The first-order valence-electron chi connectivity index (χ1n) is 8.03. The number of rotatable bonds is 4. The fourth-order valence-electron chi connectivity index (χ4n) is 2.89. The average molecular weight is 342 g/mol. The van der Waals surface area contributed by atoms with Gasteiger partial charge in [0, 0.05) is 30.4 Å². The third kappa shape index (κ3) is 2.72. The Morgan fingerprint density at radius 3 is 2.77 bits per heavy atom. The summed E-state index contributed by atoms with van der Waals surface area (Å²) < 4.78 is 8.94. The first kappa shape index (κ1) is 15.7. The fourth-order valence-corrected chi connectivity index (χ4v) is 2.89. The lowest BCUT2D eigenvalue weighted by molar-refractivity contribution is 0.0472. The van der Waals surface area contributed by atoms with Crippen LogP contribution in [-0.2, 0) is 11.3 Å². The predicted octanol–water partition coefficient (Wildman–Crippen LogP) is 3.35. The molecule has 0 spiro atoms. The molecule has 0 radical (unpaired) electrons. The molecule has 4 aromatic rings. The van der Waals surface area contributed by atoms with Gasteiger partial charge >= 0.3 is 5.97 Å². The topological polar surface area (TPSA) is 72.3 Å². The van der Waals surface area contributed by atoms with E-state index in [2.05, 4.69) is 11.2 Å². The van der Waals surface area contributed by atoms with Crippen molar-refractivity contribution in [2.75, 3.05) is 0 Å². The number of benzene rings is 1. The van der Waals surface area contributed by atoms with Crippen molar-refractivity contribution in [2.45, 2.75) is 6.61 Å². The molecular formula is C20H14N4O2. The number of esters is 1. The van der Waals surface area contributed by atoms with E-state index >= 15 is 0 Å². The van der Waals surface area contributed by atoms with Crippen LogP contribution in [0.1, 0.15) is 21.5 Å². The molecule has 26 heavy (non-hydrogen) atoms. The summed E-state index contributed by atoms with van der Waals surface area (Å²) in [6.45, 7) is 0.0247. The standard InChI is InChI=1S/C20H14N4O2/c21-12-17-15(13-23-10-4-3-7-18(17)23)14-26-20(25)16-6-1-2-8-19(16)24-11-5-9-22-24/h1-11,13H,14H2. The Bertz CT molecular complexity index is 1120. The van der Waals surface area contributed by atoms with Crippen molar-refractivity contribution < 1.29 is 9.53 Å². The molecule has 3 heterocycles. The highest BCUT2D eigenvalue weighted by Crippen LogP contribution is 2.20. The Kier molecular flexibility index (Phi) is 3.96. The van der Waals surface area contributed by atoms with Crippen molar-refractivity contribution in [2.24, 2.45) is 0 Å². The zero-order valence-electron chi connectivity index (χ0n) is 13.7. The number of aromatic nitrogens is 3. The number of hydrogen-bond donors (Lipinski definition) is 0. The Labute approximate surface area is 149 Å². The smallest absolute Gasteiger partial charge is 0.340 e. The van der Waals surface area contributed by atoms with Gasteiger partial charge in [-0.05, 0) is 30.3 Å². The van der Waals surface area contributed by atoms with Gasteiger partial charge in [0.25, 0.3) is 0 Å². The van der Waals surface area contributed by atoms with Crippen LogP contribution in [0.3, 0.4) is 0 Å². The minimum absolute atomic E-state index is 0.0247. The summed E-state index contributed by atoms with van der Waals surface area (Å²) in [5, 5.41) is 13.6. The zero-order valence-corrected chi connectivity index (χ0v) is 13.7. The van der Waals surface area contributed by atoms with Crippen LogP contribution in [0.25, 0.3) is 11.2 Å². The number of carbonyl (C=O) groups excluding carboxylic acids is 1. The third-order valence-electron chi connectivity index (χ3n) is 4.11. The predicted molar refractivity (Wildman–Crippen MR) is 94.8 cm³/mol. The number of para-hydroxylation sites is 1. The van der Waals surface area contributed by atoms with Gasteiger partial charge in [-0.2, -0.15) is 10.4 Å². The molecule has 0 saturated heterocycles. The molecule has 126 valence electrons. The lowest BCUT2D eigenvalue weighted by atomic mass is 10.1. The van der Waals surface area contributed by atoms with E-state index in [4.69, 9.17) is 4.74 Å². The number of nitrogens with zero attached hydrogens (tertiary/aromatic N) is 4. The van der Waals surface area contributed by atoms with E-state index in [1.807, 2.05) is 34.9 Å². The molecule has 0 aliphatic heterocycles. The summed E-state index contributed by atoms with van der Waals surface area (Å²) in [6.07, 6.45) is 7.07. The second kappa shape index (κ2) is 6.57. The van der Waals surface area contributed by atoms with Gasteiger partial charge < -0.3 is 9.14 Å². The van der Waals surface area contributed by atoms with Crippen LogP contribution in [0.4, 0.5) is 0 Å². The lowest BCUT2D eigenvalue weighted by Crippen LogP contribution is -2.10. The van der Waals surface area contributed by atoms with Crippen LogP contribution in [0.15, 0.2) is 73.3 Å². The quantitative estimate of drug-likeness (QED) is 0.533. The van der Waals surface area contributed by atoms with E-state index in [0.717, 1.165) is 5.52 Å². The second-order valence-corrected chi connectivity index (χ2v) is 5.68. The highest BCUT2D eigenvalue weighted by atomic mass is 16.5.